The molecular weight excluding hydrogens is 471 g/mol. The van der Waals surface area contributed by atoms with Crippen LogP contribution >= 0.6 is 0 Å². The highest BCUT2D eigenvalue weighted by atomic mass is 19.1. The Hall–Kier alpha value is -3.83. The minimum absolute atomic E-state index is 0.278. The van der Waals surface area contributed by atoms with E-state index in [0.29, 0.717) is 48.0 Å². The molecule has 1 aromatic carbocycles. The van der Waals surface area contributed by atoms with Crippen LogP contribution in [0.5, 0.6) is 5.88 Å². The molecular formula is C29H31FN4O3. The van der Waals surface area contributed by atoms with Crippen molar-refractivity contribution in [3.05, 3.63) is 71.2 Å². The van der Waals surface area contributed by atoms with Crippen LogP contribution in [0.3, 0.4) is 0 Å². The molecule has 0 radical (unpaired) electrons. The third-order valence-corrected chi connectivity index (χ3v) is 6.81. The molecule has 4 rings (SSSR count). The molecule has 0 spiro atoms. The number of halogens is 1. The van der Waals surface area contributed by atoms with Crippen LogP contribution in [0.15, 0.2) is 48.8 Å². The van der Waals surface area contributed by atoms with Crippen LogP contribution in [-0.2, 0) is 15.6 Å². The number of aryl methyl sites for hydroxylation is 1. The molecule has 0 bridgehead atoms. The maximum Gasteiger partial charge on any atom is 0.255 e. The van der Waals surface area contributed by atoms with E-state index in [4.69, 9.17) is 9.47 Å². The van der Waals surface area contributed by atoms with Crippen LogP contribution in [0.25, 0.3) is 11.1 Å². The largest absolute Gasteiger partial charge is 0.478 e. The Morgan fingerprint density at radius 2 is 2.08 bits per heavy atom. The zero-order chi connectivity index (χ0) is 26.6. The fourth-order valence-electron chi connectivity index (χ4n) is 4.41. The molecule has 2 aromatic heterocycles. The number of rotatable bonds is 8. The van der Waals surface area contributed by atoms with Gasteiger partial charge in [-0.3, -0.25) is 14.2 Å². The summed E-state index contributed by atoms with van der Waals surface area (Å²) in [7, 11) is 0. The van der Waals surface area contributed by atoms with Gasteiger partial charge in [-0.15, -0.1) is 0 Å². The molecule has 1 aliphatic heterocycles. The molecule has 8 heteroatoms. The Morgan fingerprint density at radius 1 is 1.27 bits per heavy atom. The summed E-state index contributed by atoms with van der Waals surface area (Å²) in [4.78, 5) is 21.8. The van der Waals surface area contributed by atoms with Gasteiger partial charge in [0.15, 0.2) is 0 Å². The van der Waals surface area contributed by atoms with Crippen LogP contribution in [-0.4, -0.2) is 42.4 Å². The predicted molar refractivity (Wildman–Crippen MR) is 139 cm³/mol. The van der Waals surface area contributed by atoms with Gasteiger partial charge in [0, 0.05) is 41.4 Å². The monoisotopic (exact) mass is 502 g/mol. The van der Waals surface area contributed by atoms with Crippen molar-refractivity contribution in [3.63, 3.8) is 0 Å². The molecule has 1 amide bonds. The van der Waals surface area contributed by atoms with E-state index in [-0.39, 0.29) is 12.5 Å². The number of pyridine rings is 2. The van der Waals surface area contributed by atoms with Gasteiger partial charge in [-0.1, -0.05) is 6.07 Å². The van der Waals surface area contributed by atoms with E-state index in [1.54, 1.807) is 32.2 Å². The van der Waals surface area contributed by atoms with Crippen molar-refractivity contribution in [2.45, 2.75) is 44.9 Å². The van der Waals surface area contributed by atoms with Crippen molar-refractivity contribution in [1.82, 2.24) is 9.97 Å². The van der Waals surface area contributed by atoms with E-state index in [1.807, 2.05) is 38.1 Å². The second-order valence-corrected chi connectivity index (χ2v) is 9.88. The van der Waals surface area contributed by atoms with Crippen molar-refractivity contribution in [3.8, 4) is 23.1 Å². The third-order valence-electron chi connectivity index (χ3n) is 6.81. The number of hydrogen-bond donors (Lipinski definition) is 1. The topological polar surface area (TPSA) is 97.1 Å². The number of carbonyl (C=O) groups excluding carboxylic acids is 1. The number of benzene rings is 1. The van der Waals surface area contributed by atoms with Gasteiger partial charge in [-0.05, 0) is 75.6 Å². The second kappa shape index (κ2) is 10.7. The fourth-order valence-corrected chi connectivity index (χ4v) is 4.41. The number of carbonyl (C=O) groups is 1. The van der Waals surface area contributed by atoms with Crippen molar-refractivity contribution < 1.29 is 18.7 Å². The van der Waals surface area contributed by atoms with Gasteiger partial charge in [0.25, 0.3) is 5.91 Å². The Morgan fingerprint density at radius 3 is 2.76 bits per heavy atom. The van der Waals surface area contributed by atoms with E-state index in [9.17, 15) is 14.4 Å². The first-order valence-electron chi connectivity index (χ1n) is 12.3. The van der Waals surface area contributed by atoms with Crippen LogP contribution < -0.4 is 10.1 Å². The lowest BCUT2D eigenvalue weighted by Gasteiger charge is -2.26. The van der Waals surface area contributed by atoms with Crippen molar-refractivity contribution in [2.24, 2.45) is 0 Å². The highest BCUT2D eigenvalue weighted by Crippen LogP contribution is 2.40. The Kier molecular flexibility index (Phi) is 7.55. The number of alkyl halides is 1. The fraction of sp³-hybridized carbons (Fsp3) is 0.379. The summed E-state index contributed by atoms with van der Waals surface area (Å²) in [6, 6.07) is 13.0. The van der Waals surface area contributed by atoms with Crippen molar-refractivity contribution >= 4 is 11.6 Å². The SMILES string of the molecule is CCOc1ncc(-c2cc(NC(=O)c3ccnc(C(C)(C)C#N)c3)ccc2C)cc1C1(CF)CCOC1. The molecule has 1 N–H and O–H groups in total. The highest BCUT2D eigenvalue weighted by Gasteiger charge is 2.40. The van der Waals surface area contributed by atoms with Gasteiger partial charge in [-0.2, -0.15) is 5.26 Å². The minimum atomic E-state index is -0.812. The summed E-state index contributed by atoms with van der Waals surface area (Å²) in [6.07, 6.45) is 3.80. The number of amides is 1. The minimum Gasteiger partial charge on any atom is -0.478 e. The third kappa shape index (κ3) is 5.32. The van der Waals surface area contributed by atoms with E-state index < -0.39 is 17.5 Å². The summed E-state index contributed by atoms with van der Waals surface area (Å²) in [5.74, 6) is 0.113. The van der Waals surface area contributed by atoms with Crippen LogP contribution in [0, 0.1) is 18.3 Å². The lowest BCUT2D eigenvalue weighted by atomic mass is 9.80. The summed E-state index contributed by atoms with van der Waals surface area (Å²) in [6.45, 7) is 7.98. The molecule has 7 nitrogen and oxygen atoms in total. The molecule has 0 saturated carbocycles. The van der Waals surface area contributed by atoms with Gasteiger partial charge in [0.2, 0.25) is 5.88 Å². The average molecular weight is 503 g/mol. The summed E-state index contributed by atoms with van der Waals surface area (Å²) < 4.78 is 25.6. The summed E-state index contributed by atoms with van der Waals surface area (Å²) in [5, 5.41) is 12.4. The molecule has 1 atom stereocenters. The molecule has 192 valence electrons. The van der Waals surface area contributed by atoms with Crippen LogP contribution in [0.1, 0.15) is 54.4 Å². The normalized spacial score (nSPS) is 17.3. The maximum atomic E-state index is 14.3. The molecule has 3 heterocycles. The number of nitrogens with one attached hydrogen (secondary N) is 1. The van der Waals surface area contributed by atoms with Gasteiger partial charge >= 0.3 is 0 Å². The molecule has 0 aliphatic carbocycles. The number of nitrogens with zero attached hydrogens (tertiary/aromatic N) is 3. The first-order chi connectivity index (χ1) is 17.7. The number of anilines is 1. The van der Waals surface area contributed by atoms with Gasteiger partial charge in [-0.25, -0.2) is 4.98 Å². The standard InChI is InChI=1S/C29H31FN4O3/c1-5-37-27-24(29(16-30)9-11-36-18-29)12-21(15-33-27)23-14-22(7-6-19(23)2)34-26(35)20-8-10-32-25(13-20)28(3,4)17-31/h6-8,10,12-15H,5,9,11,16,18H2,1-4H3,(H,34,35). The zero-order valence-corrected chi connectivity index (χ0v) is 21.6. The number of hydrogen-bond acceptors (Lipinski definition) is 6. The van der Waals surface area contributed by atoms with E-state index >= 15 is 0 Å². The molecule has 3 aromatic rings. The molecule has 37 heavy (non-hydrogen) atoms. The lowest BCUT2D eigenvalue weighted by Crippen LogP contribution is -2.30. The number of nitriles is 1. The smallest absolute Gasteiger partial charge is 0.255 e. The van der Waals surface area contributed by atoms with Crippen molar-refractivity contribution in [2.75, 3.05) is 31.8 Å². The molecule has 1 saturated heterocycles. The van der Waals surface area contributed by atoms with E-state index in [1.165, 1.54) is 6.20 Å². The molecule has 1 fully saturated rings. The predicted octanol–water partition coefficient (Wildman–Crippen LogP) is 5.53. The maximum absolute atomic E-state index is 14.3. The Bertz CT molecular complexity index is 1340. The Labute approximate surface area is 216 Å². The number of aromatic nitrogens is 2. The quantitative estimate of drug-likeness (QED) is 0.435. The van der Waals surface area contributed by atoms with Crippen LogP contribution in [0.4, 0.5) is 10.1 Å². The van der Waals surface area contributed by atoms with E-state index in [2.05, 4.69) is 21.4 Å². The van der Waals surface area contributed by atoms with Gasteiger partial charge < -0.3 is 14.8 Å². The summed E-state index contributed by atoms with van der Waals surface area (Å²) >= 11 is 0. The van der Waals surface area contributed by atoms with Crippen LogP contribution in [0.2, 0.25) is 0 Å². The molecule has 1 unspecified atom stereocenters. The first-order valence-corrected chi connectivity index (χ1v) is 12.3. The highest BCUT2D eigenvalue weighted by molar-refractivity contribution is 6.04. The molecule has 1 aliphatic rings. The van der Waals surface area contributed by atoms with Crippen molar-refractivity contribution in [1.29, 1.82) is 5.26 Å². The Balaban J connectivity index is 1.67. The van der Waals surface area contributed by atoms with Gasteiger partial charge in [0.1, 0.15) is 6.67 Å². The first kappa shape index (κ1) is 26.2. The zero-order valence-electron chi connectivity index (χ0n) is 21.6. The van der Waals surface area contributed by atoms with Gasteiger partial charge in [0.05, 0.1) is 35.8 Å². The number of ether oxygens (including phenoxy) is 2. The average Bonchev–Trinajstić information content (AvgIpc) is 3.40. The van der Waals surface area contributed by atoms with E-state index in [0.717, 1.165) is 16.7 Å². The summed E-state index contributed by atoms with van der Waals surface area (Å²) in [5.41, 5.74) is 3.28. The lowest BCUT2D eigenvalue weighted by molar-refractivity contribution is 0.102. The second-order valence-electron chi connectivity index (χ2n) is 9.88.